The van der Waals surface area contributed by atoms with Gasteiger partial charge in [-0.1, -0.05) is 60.7 Å². The highest BCUT2D eigenvalue weighted by Gasteiger charge is 2.49. The maximum absolute atomic E-state index is 13.5. The minimum Gasteiger partial charge on any atom is -0.295 e. The number of hydrogen-bond donors (Lipinski definition) is 1. The Morgan fingerprint density at radius 2 is 1.71 bits per heavy atom. The third kappa shape index (κ3) is 3.13. The van der Waals surface area contributed by atoms with E-state index in [4.69, 9.17) is 0 Å². The van der Waals surface area contributed by atoms with Crippen LogP contribution in [0.1, 0.15) is 63.0 Å². The van der Waals surface area contributed by atoms with E-state index in [1.165, 1.54) is 25.8 Å². The van der Waals surface area contributed by atoms with E-state index >= 15 is 0 Å². The number of fused-ring (bicyclic) bond motifs is 5. The van der Waals surface area contributed by atoms with Crippen LogP contribution < -0.4 is 5.32 Å². The Morgan fingerprint density at radius 3 is 2.45 bits per heavy atom. The number of nitrogens with one attached hydrogen (secondary N) is 1. The van der Waals surface area contributed by atoms with E-state index in [1.807, 2.05) is 29.2 Å². The predicted octanol–water partition coefficient (Wildman–Crippen LogP) is 5.93. The van der Waals surface area contributed by atoms with E-state index in [9.17, 15) is 4.79 Å². The summed E-state index contributed by atoms with van der Waals surface area (Å²) >= 11 is 3.75. The Bertz CT molecular complexity index is 1130. The van der Waals surface area contributed by atoms with Gasteiger partial charge in [0.05, 0.1) is 4.21 Å². The van der Waals surface area contributed by atoms with Crippen LogP contribution in [0.5, 0.6) is 0 Å². The molecule has 0 aliphatic carbocycles. The molecule has 1 saturated heterocycles. The summed E-state index contributed by atoms with van der Waals surface area (Å²) in [5.74, 6) is 0.319. The molecule has 0 saturated carbocycles. The van der Waals surface area contributed by atoms with Crippen LogP contribution in [0.25, 0.3) is 0 Å². The lowest BCUT2D eigenvalue weighted by Gasteiger charge is -2.52. The van der Waals surface area contributed by atoms with E-state index in [2.05, 4.69) is 71.7 Å². The van der Waals surface area contributed by atoms with Gasteiger partial charge in [0.15, 0.2) is 5.78 Å². The number of Topliss-reactive ketones (excluding diaryl/α,β-unsaturated/α-hetero) is 1. The van der Waals surface area contributed by atoms with Crippen molar-refractivity contribution in [2.75, 3.05) is 13.1 Å². The lowest BCUT2D eigenvalue weighted by Crippen LogP contribution is -2.61. The molecule has 0 spiro atoms. The fourth-order valence-electron chi connectivity index (χ4n) is 5.55. The Balaban J connectivity index is 1.46. The van der Waals surface area contributed by atoms with Crippen LogP contribution in [0.15, 0.2) is 64.9 Å². The topological polar surface area (TPSA) is 32.3 Å². The summed E-state index contributed by atoms with van der Waals surface area (Å²) in [5.41, 5.74) is 4.71. The highest BCUT2D eigenvalue weighted by molar-refractivity contribution is 8.01. The van der Waals surface area contributed by atoms with Crippen LogP contribution in [0.2, 0.25) is 0 Å². The molecule has 1 fully saturated rings. The van der Waals surface area contributed by atoms with Gasteiger partial charge in [0.1, 0.15) is 5.66 Å². The molecule has 1 aromatic heterocycles. The number of carbonyl (C=O) groups excluding carboxylic acids is 1. The highest BCUT2D eigenvalue weighted by atomic mass is 32.2. The Morgan fingerprint density at radius 1 is 1.00 bits per heavy atom. The van der Waals surface area contributed by atoms with Gasteiger partial charge in [-0.25, -0.2) is 0 Å². The number of hydrogen-bond acceptors (Lipinski definition) is 5. The average molecular weight is 447 g/mol. The molecule has 0 radical (unpaired) electrons. The van der Waals surface area contributed by atoms with Gasteiger partial charge < -0.3 is 0 Å². The number of thiophene rings is 1. The van der Waals surface area contributed by atoms with Gasteiger partial charge in [0, 0.05) is 34.7 Å². The van der Waals surface area contributed by atoms with Gasteiger partial charge in [0.2, 0.25) is 0 Å². The molecule has 3 nitrogen and oxygen atoms in total. The summed E-state index contributed by atoms with van der Waals surface area (Å²) in [6.07, 6.45) is 2.67. The van der Waals surface area contributed by atoms with E-state index in [0.717, 1.165) is 31.5 Å². The second kappa shape index (κ2) is 7.59. The largest absolute Gasteiger partial charge is 0.295 e. The first-order valence-electron chi connectivity index (χ1n) is 11.1. The van der Waals surface area contributed by atoms with Gasteiger partial charge in [-0.15, -0.1) is 23.1 Å². The summed E-state index contributed by atoms with van der Waals surface area (Å²) in [6.45, 7) is 4.43. The molecule has 0 bridgehead atoms. The molecule has 2 aromatic carbocycles. The minimum atomic E-state index is -0.211. The number of rotatable bonds is 2. The van der Waals surface area contributed by atoms with E-state index in [1.54, 1.807) is 0 Å². The van der Waals surface area contributed by atoms with Gasteiger partial charge in [-0.05, 0) is 43.0 Å². The first-order valence-corrected chi connectivity index (χ1v) is 12.8. The third-order valence-corrected chi connectivity index (χ3v) is 9.98. The molecule has 31 heavy (non-hydrogen) atoms. The van der Waals surface area contributed by atoms with Crippen molar-refractivity contribution in [2.45, 2.75) is 47.4 Å². The lowest BCUT2D eigenvalue weighted by molar-refractivity contribution is -0.0110. The maximum Gasteiger partial charge on any atom is 0.166 e. The molecule has 1 N–H and O–H groups in total. The summed E-state index contributed by atoms with van der Waals surface area (Å²) in [5, 5.41) is 4.05. The number of thioether (sulfide) groups is 1. The van der Waals surface area contributed by atoms with Crippen LogP contribution in [0.4, 0.5) is 0 Å². The van der Waals surface area contributed by atoms with Crippen molar-refractivity contribution >= 4 is 28.9 Å². The molecule has 158 valence electrons. The molecule has 3 aliphatic rings. The zero-order valence-corrected chi connectivity index (χ0v) is 19.3. The molecule has 0 amide bonds. The van der Waals surface area contributed by atoms with Crippen molar-refractivity contribution in [2.24, 2.45) is 0 Å². The molecule has 3 unspecified atom stereocenters. The fraction of sp³-hybridized carbons (Fsp3) is 0.346. The summed E-state index contributed by atoms with van der Waals surface area (Å²) < 4.78 is 1.22. The van der Waals surface area contributed by atoms with Crippen LogP contribution in [-0.4, -0.2) is 23.8 Å². The second-order valence-corrected chi connectivity index (χ2v) is 11.4. The lowest BCUT2D eigenvalue weighted by atomic mass is 9.83. The third-order valence-electron chi connectivity index (χ3n) is 7.06. The number of benzene rings is 2. The molecule has 3 atom stereocenters. The Labute approximate surface area is 191 Å². The first kappa shape index (κ1) is 19.7. The zero-order chi connectivity index (χ0) is 21.0. The van der Waals surface area contributed by atoms with Crippen molar-refractivity contribution in [1.29, 1.82) is 0 Å². The van der Waals surface area contributed by atoms with Gasteiger partial charge >= 0.3 is 0 Å². The van der Waals surface area contributed by atoms with E-state index < -0.39 is 0 Å². The van der Waals surface area contributed by atoms with Crippen LogP contribution in [-0.2, 0) is 12.1 Å². The van der Waals surface area contributed by atoms with Crippen molar-refractivity contribution in [3.05, 3.63) is 87.8 Å². The zero-order valence-electron chi connectivity index (χ0n) is 17.6. The van der Waals surface area contributed by atoms with Crippen molar-refractivity contribution in [3.8, 4) is 0 Å². The molecule has 3 aliphatic heterocycles. The Kier molecular flexibility index (Phi) is 4.83. The van der Waals surface area contributed by atoms with Crippen molar-refractivity contribution in [1.82, 2.24) is 10.2 Å². The van der Waals surface area contributed by atoms with E-state index in [0.29, 0.717) is 18.2 Å². The highest BCUT2D eigenvalue weighted by Crippen LogP contribution is 2.55. The van der Waals surface area contributed by atoms with Crippen LogP contribution in [0.3, 0.4) is 0 Å². The van der Waals surface area contributed by atoms with E-state index in [-0.39, 0.29) is 10.9 Å². The minimum absolute atomic E-state index is 0.211. The molecular weight excluding hydrogens is 420 g/mol. The summed E-state index contributed by atoms with van der Waals surface area (Å²) in [4.78, 5) is 17.5. The van der Waals surface area contributed by atoms with Crippen LogP contribution >= 0.6 is 23.1 Å². The van der Waals surface area contributed by atoms with Crippen molar-refractivity contribution in [3.63, 3.8) is 0 Å². The smallest absolute Gasteiger partial charge is 0.166 e. The maximum atomic E-state index is 13.5. The molecule has 5 heteroatoms. The van der Waals surface area contributed by atoms with Gasteiger partial charge in [-0.2, -0.15) is 0 Å². The van der Waals surface area contributed by atoms with Gasteiger partial charge in [-0.3, -0.25) is 15.0 Å². The van der Waals surface area contributed by atoms with Crippen molar-refractivity contribution < 1.29 is 4.79 Å². The Hall–Kier alpha value is -1.92. The van der Waals surface area contributed by atoms with Crippen LogP contribution in [0, 0.1) is 0 Å². The first-order chi connectivity index (χ1) is 15.1. The normalized spacial score (nSPS) is 28.0. The molecule has 3 aromatic rings. The van der Waals surface area contributed by atoms with Gasteiger partial charge in [0.25, 0.3) is 0 Å². The predicted molar refractivity (Wildman–Crippen MR) is 128 cm³/mol. The second-order valence-electron chi connectivity index (χ2n) is 8.89. The SMILES string of the molecule is CC12NCCCN1C(c1ccccc1)Cc1c2sc2c1C(=O)CC(c1ccccc1)S2. The summed E-state index contributed by atoms with van der Waals surface area (Å²) in [7, 11) is 0. The molecule has 6 rings (SSSR count). The summed E-state index contributed by atoms with van der Waals surface area (Å²) in [6, 6.07) is 21.6. The molecule has 4 heterocycles. The number of ketones is 1. The number of carbonyl (C=O) groups is 1. The number of nitrogens with zero attached hydrogens (tertiary/aromatic N) is 1. The quantitative estimate of drug-likeness (QED) is 0.529. The molecular formula is C26H26N2OS2. The monoisotopic (exact) mass is 446 g/mol. The standard InChI is InChI=1S/C26H26N2OS2/c1-26-24-19(15-20(17-9-4-2-5-10-17)28(26)14-8-13-27-26)23-21(29)16-22(30-25(23)31-24)18-11-6-3-7-12-18/h2-7,9-12,20,22,27H,8,13-16H2,1H3. The fourth-order valence-corrected chi connectivity index (χ4v) is 8.70. The average Bonchev–Trinajstić information content (AvgIpc) is 3.20.